The Morgan fingerprint density at radius 3 is 2.56 bits per heavy atom. The lowest BCUT2D eigenvalue weighted by molar-refractivity contribution is 0.0923. The quantitative estimate of drug-likeness (QED) is 0.188. The summed E-state index contributed by atoms with van der Waals surface area (Å²) in [5.41, 5.74) is 0.946. The third kappa shape index (κ3) is 6.41. The van der Waals surface area contributed by atoms with Gasteiger partial charge in [-0.3, -0.25) is 10.1 Å². The summed E-state index contributed by atoms with van der Waals surface area (Å²) in [5, 5.41) is 15.8. The van der Waals surface area contributed by atoms with Gasteiger partial charge < -0.3 is 10.1 Å². The number of carbonyl (C=O) groups is 2. The van der Waals surface area contributed by atoms with Crippen molar-refractivity contribution in [1.29, 1.82) is 0 Å². The van der Waals surface area contributed by atoms with Crippen LogP contribution >= 0.6 is 23.1 Å². The molecule has 12 nitrogen and oxygen atoms in total. The first-order chi connectivity index (χ1) is 19.8. The van der Waals surface area contributed by atoms with Gasteiger partial charge in [-0.05, 0) is 53.6 Å². The number of hydrogen-bond donors (Lipinski definition) is 2. The highest BCUT2D eigenvalue weighted by Crippen LogP contribution is 2.36. The Bertz CT molecular complexity index is 1670. The van der Waals surface area contributed by atoms with E-state index in [1.807, 2.05) is 30.3 Å². The molecule has 2 heterocycles. The average molecular weight is 614 g/mol. The highest BCUT2D eigenvalue weighted by molar-refractivity contribution is 7.98. The summed E-state index contributed by atoms with van der Waals surface area (Å²) in [6.07, 6.45) is 3.61. The van der Waals surface area contributed by atoms with E-state index in [0.29, 0.717) is 17.0 Å². The number of ketones is 1. The fourth-order valence-corrected chi connectivity index (χ4v) is 8.29. The number of aromatic nitrogens is 5. The number of amides is 2. The van der Waals surface area contributed by atoms with Crippen molar-refractivity contribution < 1.29 is 22.7 Å². The lowest BCUT2D eigenvalue weighted by Gasteiger charge is -2.15. The molecule has 4 aromatic rings. The largest absolute Gasteiger partial charge is 0.497 e. The van der Waals surface area contributed by atoms with Gasteiger partial charge in [0.05, 0.1) is 18.5 Å². The maximum Gasteiger partial charge on any atom is 0.325 e. The van der Waals surface area contributed by atoms with Crippen molar-refractivity contribution in [3.8, 4) is 5.75 Å². The van der Waals surface area contributed by atoms with Crippen LogP contribution in [0.5, 0.6) is 5.75 Å². The zero-order chi connectivity index (χ0) is 29.0. The molecule has 0 spiro atoms. The maximum atomic E-state index is 13.5. The van der Waals surface area contributed by atoms with Crippen molar-refractivity contribution in [3.63, 3.8) is 0 Å². The van der Waals surface area contributed by atoms with Gasteiger partial charge in [-0.2, -0.15) is 0 Å². The number of ether oxygens (including phenoxy) is 1. The Balaban J connectivity index is 1.40. The molecule has 41 heavy (non-hydrogen) atoms. The number of thioether (sulfide) groups is 1. The minimum absolute atomic E-state index is 0.0446. The molecule has 0 unspecified atom stereocenters. The number of sulfone groups is 1. The van der Waals surface area contributed by atoms with E-state index in [2.05, 4.69) is 31.1 Å². The highest BCUT2D eigenvalue weighted by Gasteiger charge is 2.31. The first-order valence-electron chi connectivity index (χ1n) is 12.7. The Morgan fingerprint density at radius 1 is 1.12 bits per heavy atom. The SMILES string of the molecule is COc1ccc(NC(=O)Nc2nc(CSc3ccccc3)c(S(=O)(=O)c3nnnn3C)s2)c(C(=O)C2CCCC2)c1. The molecule has 5 rings (SSSR count). The molecule has 0 aliphatic heterocycles. The van der Waals surface area contributed by atoms with E-state index in [9.17, 15) is 18.0 Å². The molecule has 2 aromatic heterocycles. The number of thiazole rings is 1. The molecule has 1 saturated carbocycles. The smallest absolute Gasteiger partial charge is 0.325 e. The van der Waals surface area contributed by atoms with Crippen molar-refractivity contribution in [2.75, 3.05) is 17.7 Å². The van der Waals surface area contributed by atoms with Crippen LogP contribution in [0.2, 0.25) is 0 Å². The Kier molecular flexibility index (Phi) is 8.65. The number of nitrogens with zero attached hydrogens (tertiary/aromatic N) is 5. The molecule has 1 aliphatic rings. The monoisotopic (exact) mass is 613 g/mol. The third-order valence-electron chi connectivity index (χ3n) is 6.53. The number of tetrazole rings is 1. The number of benzene rings is 2. The lowest BCUT2D eigenvalue weighted by atomic mass is 9.95. The molecule has 0 radical (unpaired) electrons. The van der Waals surface area contributed by atoms with Crippen LogP contribution in [0.3, 0.4) is 0 Å². The molecule has 0 bridgehead atoms. The lowest BCUT2D eigenvalue weighted by Crippen LogP contribution is -2.22. The Labute approximate surface area is 244 Å². The number of hydrogen-bond acceptors (Lipinski definition) is 11. The Morgan fingerprint density at radius 2 is 1.88 bits per heavy atom. The minimum Gasteiger partial charge on any atom is -0.497 e. The minimum atomic E-state index is -4.13. The maximum absolute atomic E-state index is 13.5. The predicted octanol–water partition coefficient (Wildman–Crippen LogP) is 4.82. The van der Waals surface area contributed by atoms with Gasteiger partial charge in [-0.1, -0.05) is 47.5 Å². The van der Waals surface area contributed by atoms with Gasteiger partial charge in [-0.25, -0.2) is 22.9 Å². The zero-order valence-corrected chi connectivity index (χ0v) is 24.7. The number of Topliss-reactive ketones (excluding diaryl/α,β-unsaturated/α-hetero) is 1. The first-order valence-corrected chi connectivity index (χ1v) is 16.0. The van der Waals surface area contributed by atoms with Crippen molar-refractivity contribution in [1.82, 2.24) is 25.2 Å². The molecule has 1 fully saturated rings. The van der Waals surface area contributed by atoms with Gasteiger partial charge in [0.25, 0.3) is 15.0 Å². The van der Waals surface area contributed by atoms with E-state index in [1.54, 1.807) is 18.2 Å². The summed E-state index contributed by atoms with van der Waals surface area (Å²) >= 11 is 2.21. The molecule has 0 saturated heterocycles. The van der Waals surface area contributed by atoms with Crippen LogP contribution in [-0.4, -0.2) is 52.5 Å². The van der Waals surface area contributed by atoms with Gasteiger partial charge in [0.1, 0.15) is 5.75 Å². The van der Waals surface area contributed by atoms with Crippen molar-refractivity contribution in [3.05, 3.63) is 59.8 Å². The van der Waals surface area contributed by atoms with Crippen molar-refractivity contribution in [2.45, 2.75) is 45.7 Å². The van der Waals surface area contributed by atoms with Crippen LogP contribution < -0.4 is 15.4 Å². The topological polar surface area (TPSA) is 158 Å². The molecule has 214 valence electrons. The fraction of sp³-hybridized carbons (Fsp3) is 0.308. The third-order valence-corrected chi connectivity index (χ3v) is 10.8. The normalized spacial score (nSPS) is 13.7. The number of carbonyl (C=O) groups excluding carboxylic acids is 2. The second-order valence-corrected chi connectivity index (χ2v) is 13.4. The van der Waals surface area contributed by atoms with E-state index < -0.39 is 15.9 Å². The summed E-state index contributed by atoms with van der Waals surface area (Å²) < 4.78 is 33.2. The molecular formula is C26H27N7O5S3. The van der Waals surface area contributed by atoms with Crippen molar-refractivity contribution >= 4 is 55.6 Å². The predicted molar refractivity (Wildman–Crippen MR) is 154 cm³/mol. The van der Waals surface area contributed by atoms with Crippen LogP contribution in [0.4, 0.5) is 15.6 Å². The molecule has 2 N–H and O–H groups in total. The molecule has 2 aromatic carbocycles. The van der Waals surface area contributed by atoms with Gasteiger partial charge in [0.2, 0.25) is 0 Å². The van der Waals surface area contributed by atoms with E-state index in [-0.39, 0.29) is 37.6 Å². The van der Waals surface area contributed by atoms with Gasteiger partial charge in [0, 0.05) is 29.2 Å². The zero-order valence-electron chi connectivity index (χ0n) is 22.2. The molecule has 2 amide bonds. The first kappa shape index (κ1) is 28.7. The van der Waals surface area contributed by atoms with E-state index in [4.69, 9.17) is 4.74 Å². The summed E-state index contributed by atoms with van der Waals surface area (Å²) in [6, 6.07) is 13.7. The highest BCUT2D eigenvalue weighted by atomic mass is 32.2. The molecule has 15 heteroatoms. The van der Waals surface area contributed by atoms with E-state index >= 15 is 0 Å². The van der Waals surface area contributed by atoms with Gasteiger partial charge in [-0.15, -0.1) is 11.8 Å². The van der Waals surface area contributed by atoms with Crippen LogP contribution in [0.15, 0.2) is 62.8 Å². The van der Waals surface area contributed by atoms with E-state index in [1.165, 1.54) is 25.9 Å². The standard InChI is InChI=1S/C26H27N7O5S3/c1-33-26(30-31-32-33)41(36,37)23-21(15-39-18-10-4-3-5-11-18)28-25(40-23)29-24(35)27-20-13-12-17(38-2)14-19(20)22(34)16-8-6-7-9-16/h3-5,10-14,16H,6-9,15H2,1-2H3,(H2,27,28,29,35). The molecule has 0 atom stereocenters. The average Bonchev–Trinajstić information content (AvgIpc) is 3.74. The number of methoxy groups -OCH3 is 1. The summed E-state index contributed by atoms with van der Waals surface area (Å²) in [5.74, 6) is 0.585. The molecule has 1 aliphatic carbocycles. The molecular weight excluding hydrogens is 587 g/mol. The van der Waals surface area contributed by atoms with Crippen LogP contribution in [0.25, 0.3) is 0 Å². The summed E-state index contributed by atoms with van der Waals surface area (Å²) in [7, 11) is -1.19. The van der Waals surface area contributed by atoms with Crippen LogP contribution in [0, 0.1) is 5.92 Å². The fourth-order valence-electron chi connectivity index (χ4n) is 4.51. The van der Waals surface area contributed by atoms with Gasteiger partial charge in [0.15, 0.2) is 15.1 Å². The van der Waals surface area contributed by atoms with Crippen LogP contribution in [0.1, 0.15) is 41.7 Å². The second-order valence-electron chi connectivity index (χ2n) is 9.28. The second kappa shape index (κ2) is 12.4. The van der Waals surface area contributed by atoms with Gasteiger partial charge >= 0.3 is 6.03 Å². The number of anilines is 2. The number of nitrogens with one attached hydrogen (secondary N) is 2. The summed E-state index contributed by atoms with van der Waals surface area (Å²) in [6.45, 7) is 0. The Hall–Kier alpha value is -3.82. The van der Waals surface area contributed by atoms with Crippen LogP contribution in [-0.2, 0) is 22.6 Å². The summed E-state index contributed by atoms with van der Waals surface area (Å²) in [4.78, 5) is 31.7. The van der Waals surface area contributed by atoms with E-state index in [0.717, 1.165) is 46.6 Å². The number of rotatable bonds is 10. The number of aryl methyl sites for hydroxylation is 1. The van der Waals surface area contributed by atoms with Crippen molar-refractivity contribution in [2.24, 2.45) is 13.0 Å². The number of urea groups is 1.